The number of nitrogens with zero attached hydrogens (tertiary/aromatic N) is 1. The molecule has 0 aliphatic carbocycles. The van der Waals surface area contributed by atoms with E-state index >= 15 is 0 Å². The van der Waals surface area contributed by atoms with Crippen LogP contribution < -0.4 is 21.3 Å². The number of amides is 5. The Morgan fingerprint density at radius 1 is 0.854 bits per heavy atom. The number of likely N-dealkylation sites (tertiary alicyclic amines) is 1. The van der Waals surface area contributed by atoms with Gasteiger partial charge < -0.3 is 36.0 Å². The molecule has 0 saturated carbocycles. The van der Waals surface area contributed by atoms with E-state index in [9.17, 15) is 38.7 Å². The van der Waals surface area contributed by atoms with E-state index in [1.807, 2.05) is 32.0 Å². The van der Waals surface area contributed by atoms with Gasteiger partial charge in [-0.05, 0) is 49.0 Å². The highest BCUT2D eigenvalue weighted by Gasteiger charge is 2.40. The lowest BCUT2D eigenvalue weighted by Gasteiger charge is -2.31. The summed E-state index contributed by atoms with van der Waals surface area (Å²) in [4.78, 5) is 91.8. The van der Waals surface area contributed by atoms with Crippen LogP contribution in [0.5, 0.6) is 0 Å². The molecule has 266 valence electrons. The predicted octanol–water partition coefficient (Wildman–Crippen LogP) is 2.15. The van der Waals surface area contributed by atoms with Crippen molar-refractivity contribution in [3.8, 4) is 0 Å². The highest BCUT2D eigenvalue weighted by molar-refractivity contribution is 6.38. The van der Waals surface area contributed by atoms with Gasteiger partial charge in [0.25, 0.3) is 5.91 Å². The predicted molar refractivity (Wildman–Crippen MR) is 176 cm³/mol. The minimum absolute atomic E-state index is 0.0180. The first-order valence-electron chi connectivity index (χ1n) is 16.5. The average molecular weight is 674 g/mol. The van der Waals surface area contributed by atoms with Crippen LogP contribution in [0.3, 0.4) is 0 Å². The molecule has 5 atom stereocenters. The van der Waals surface area contributed by atoms with Gasteiger partial charge in [0.1, 0.15) is 30.8 Å². The number of Topliss-reactive ketones (excluding diaryl/α,β-unsaturated/α-hetero) is 1. The van der Waals surface area contributed by atoms with E-state index in [1.54, 1.807) is 46.8 Å². The van der Waals surface area contributed by atoms with Gasteiger partial charge in [-0.25, -0.2) is 9.59 Å². The maximum atomic E-state index is 13.6. The molecule has 1 aliphatic heterocycles. The molecule has 0 unspecified atom stereocenters. The molecule has 5 N–H and O–H groups in total. The number of rotatable bonds is 17. The number of aliphatic carboxylic acids is 1. The summed E-state index contributed by atoms with van der Waals surface area (Å²) in [6.07, 6.45) is 0.244. The SMILES string of the molecule is CC[C@H](NC(=O)[C@@H]1CCCN1C(=O)[C@@H](NC(=O)OCc1ccccc1)C(C)C)C(=O)C(=O)N[C@H](CC(C)C)C(=O)N[C@H](C(=O)O)C(C)C. The maximum Gasteiger partial charge on any atom is 0.408 e. The minimum atomic E-state index is -1.24. The van der Waals surface area contributed by atoms with Gasteiger partial charge in [0.2, 0.25) is 23.5 Å². The molecule has 48 heavy (non-hydrogen) atoms. The van der Waals surface area contributed by atoms with Crippen LogP contribution in [-0.4, -0.2) is 88.2 Å². The van der Waals surface area contributed by atoms with Crippen molar-refractivity contribution >= 4 is 41.5 Å². The molecule has 1 saturated heterocycles. The number of carbonyl (C=O) groups excluding carboxylic acids is 6. The van der Waals surface area contributed by atoms with Crippen molar-refractivity contribution in [2.24, 2.45) is 17.8 Å². The molecule has 5 amide bonds. The Labute approximate surface area is 282 Å². The second-order valence-electron chi connectivity index (χ2n) is 13.2. The lowest BCUT2D eigenvalue weighted by atomic mass is 10.00. The first-order chi connectivity index (χ1) is 22.6. The summed E-state index contributed by atoms with van der Waals surface area (Å²) < 4.78 is 5.29. The molecule has 14 heteroatoms. The maximum absolute atomic E-state index is 13.6. The molecule has 14 nitrogen and oxygen atoms in total. The Balaban J connectivity index is 2.08. The summed E-state index contributed by atoms with van der Waals surface area (Å²) >= 11 is 0. The summed E-state index contributed by atoms with van der Waals surface area (Å²) in [5.41, 5.74) is 0.779. The van der Waals surface area contributed by atoms with Gasteiger partial charge >= 0.3 is 12.1 Å². The standard InChI is InChI=1S/C34H51N5O9/c1-8-23(28(40)31(43)36-24(17-19(2)3)29(41)37-27(21(6)7)33(45)46)35-30(42)25-15-12-16-39(25)32(44)26(20(4)5)38-34(47)48-18-22-13-10-9-11-14-22/h9-11,13-14,19-21,23-27H,8,12,15-18H2,1-7H3,(H,35,42)(H,36,43)(H,37,41)(H,38,47)(H,45,46)/t23-,24+,25-,26-,27-/m0/s1. The van der Waals surface area contributed by atoms with Gasteiger partial charge in [0.15, 0.2) is 0 Å². The lowest BCUT2D eigenvalue weighted by Crippen LogP contribution is -2.58. The van der Waals surface area contributed by atoms with E-state index in [2.05, 4.69) is 21.3 Å². The molecular weight excluding hydrogens is 622 g/mol. The van der Waals surface area contributed by atoms with Gasteiger partial charge in [-0.1, -0.05) is 78.8 Å². The van der Waals surface area contributed by atoms with Crippen molar-refractivity contribution in [3.63, 3.8) is 0 Å². The van der Waals surface area contributed by atoms with Crippen LogP contribution in [0.15, 0.2) is 30.3 Å². The summed E-state index contributed by atoms with van der Waals surface area (Å²) in [5, 5.41) is 19.5. The molecule has 0 bridgehead atoms. The summed E-state index contributed by atoms with van der Waals surface area (Å²) in [6.45, 7) is 12.3. The fourth-order valence-electron chi connectivity index (χ4n) is 5.37. The highest BCUT2D eigenvalue weighted by Crippen LogP contribution is 2.21. The number of carbonyl (C=O) groups is 7. The monoisotopic (exact) mass is 673 g/mol. The summed E-state index contributed by atoms with van der Waals surface area (Å²) in [5.74, 6) is -5.98. The Hall–Kier alpha value is -4.49. The largest absolute Gasteiger partial charge is 0.480 e. The van der Waals surface area contributed by atoms with Crippen LogP contribution >= 0.6 is 0 Å². The number of hydrogen-bond donors (Lipinski definition) is 5. The normalized spacial score (nSPS) is 16.9. The Kier molecular flexibility index (Phi) is 15.5. The van der Waals surface area contributed by atoms with Crippen molar-refractivity contribution in [3.05, 3.63) is 35.9 Å². The second-order valence-corrected chi connectivity index (χ2v) is 13.2. The fourth-order valence-corrected chi connectivity index (χ4v) is 5.37. The first kappa shape index (κ1) is 39.7. The van der Waals surface area contributed by atoms with Crippen LogP contribution in [0.1, 0.15) is 79.7 Å². The topological polar surface area (TPSA) is 200 Å². The van der Waals surface area contributed by atoms with Crippen molar-refractivity contribution in [1.82, 2.24) is 26.2 Å². The molecule has 0 aromatic heterocycles. The zero-order chi connectivity index (χ0) is 36.1. The third-order valence-corrected chi connectivity index (χ3v) is 8.08. The van der Waals surface area contributed by atoms with E-state index in [0.717, 1.165) is 5.56 Å². The van der Waals surface area contributed by atoms with Crippen LogP contribution in [0.2, 0.25) is 0 Å². The molecule has 1 aliphatic rings. The number of alkyl carbamates (subject to hydrolysis) is 1. The molecule has 1 aromatic carbocycles. The third kappa shape index (κ3) is 11.6. The highest BCUT2D eigenvalue weighted by atomic mass is 16.5. The quantitative estimate of drug-likeness (QED) is 0.154. The summed E-state index contributed by atoms with van der Waals surface area (Å²) in [6, 6.07) is 3.54. The molecule has 0 spiro atoms. The van der Waals surface area contributed by atoms with Crippen LogP contribution in [0, 0.1) is 17.8 Å². The smallest absolute Gasteiger partial charge is 0.408 e. The zero-order valence-corrected chi connectivity index (χ0v) is 28.9. The fraction of sp³-hybridized carbons (Fsp3) is 0.618. The van der Waals surface area contributed by atoms with Gasteiger partial charge in [-0.15, -0.1) is 0 Å². The van der Waals surface area contributed by atoms with E-state index in [-0.39, 0.29) is 37.8 Å². The van der Waals surface area contributed by atoms with E-state index in [4.69, 9.17) is 4.74 Å². The van der Waals surface area contributed by atoms with Crippen LogP contribution in [0.4, 0.5) is 4.79 Å². The summed E-state index contributed by atoms with van der Waals surface area (Å²) in [7, 11) is 0. The van der Waals surface area contributed by atoms with Crippen LogP contribution in [-0.2, 0) is 40.1 Å². The van der Waals surface area contributed by atoms with Gasteiger partial charge in [0, 0.05) is 6.54 Å². The molecule has 1 heterocycles. The van der Waals surface area contributed by atoms with Crippen molar-refractivity contribution in [2.45, 2.75) is 111 Å². The van der Waals surface area contributed by atoms with E-state index < -0.39 is 77.6 Å². The Bertz CT molecular complexity index is 1300. The minimum Gasteiger partial charge on any atom is -0.480 e. The van der Waals surface area contributed by atoms with Gasteiger partial charge in [0.05, 0.1) is 6.04 Å². The van der Waals surface area contributed by atoms with E-state index in [0.29, 0.717) is 12.8 Å². The van der Waals surface area contributed by atoms with Crippen molar-refractivity contribution in [2.75, 3.05) is 6.54 Å². The van der Waals surface area contributed by atoms with Gasteiger partial charge in [-0.3, -0.25) is 24.0 Å². The zero-order valence-electron chi connectivity index (χ0n) is 28.9. The Morgan fingerprint density at radius 2 is 1.48 bits per heavy atom. The molecule has 2 rings (SSSR count). The van der Waals surface area contributed by atoms with Crippen molar-refractivity contribution < 1.29 is 43.4 Å². The van der Waals surface area contributed by atoms with Crippen LogP contribution in [0.25, 0.3) is 0 Å². The molecule has 0 radical (unpaired) electrons. The first-order valence-corrected chi connectivity index (χ1v) is 16.5. The Morgan fingerprint density at radius 3 is 2.02 bits per heavy atom. The molecule has 1 fully saturated rings. The van der Waals surface area contributed by atoms with Gasteiger partial charge in [-0.2, -0.15) is 0 Å². The number of ether oxygens (including phenoxy) is 1. The average Bonchev–Trinajstić information content (AvgIpc) is 3.53. The number of nitrogens with one attached hydrogen (secondary N) is 4. The second kappa shape index (κ2) is 18.7. The number of carboxylic acids is 1. The number of carboxylic acid groups (broad SMARTS) is 1. The third-order valence-electron chi connectivity index (χ3n) is 8.08. The van der Waals surface area contributed by atoms with E-state index in [1.165, 1.54) is 4.90 Å². The molecular formula is C34H51N5O9. The number of benzene rings is 1. The van der Waals surface area contributed by atoms with Crippen molar-refractivity contribution in [1.29, 1.82) is 0 Å². The number of ketones is 1. The number of hydrogen-bond acceptors (Lipinski definition) is 8. The lowest BCUT2D eigenvalue weighted by molar-refractivity contribution is -0.145. The molecule has 1 aromatic rings.